The van der Waals surface area contributed by atoms with Gasteiger partial charge >= 0.3 is 6.18 Å². The predicted octanol–water partition coefficient (Wildman–Crippen LogP) is 5.72. The van der Waals surface area contributed by atoms with E-state index in [0.29, 0.717) is 11.4 Å². The highest BCUT2D eigenvalue weighted by atomic mass is 79.9. The molecule has 0 bridgehead atoms. The van der Waals surface area contributed by atoms with Crippen LogP contribution in [0.15, 0.2) is 57.9 Å². The fourth-order valence-corrected chi connectivity index (χ4v) is 2.75. The fraction of sp³-hybridized carbons (Fsp3) is 0.200. The molecule has 0 unspecified atom stereocenters. The third kappa shape index (κ3) is 5.63. The Hall–Kier alpha value is -1.14. The molecule has 0 atom stereocenters. The maximum absolute atomic E-state index is 12.3. The number of hydrogen-bond acceptors (Lipinski definition) is 2. The van der Waals surface area contributed by atoms with Gasteiger partial charge in [0.25, 0.3) is 0 Å². The molecule has 0 amide bonds. The van der Waals surface area contributed by atoms with Crippen LogP contribution in [-0.4, -0.2) is 11.9 Å². The van der Waals surface area contributed by atoms with Gasteiger partial charge in [0, 0.05) is 21.6 Å². The van der Waals surface area contributed by atoms with E-state index in [0.717, 1.165) is 27.5 Å². The van der Waals surface area contributed by atoms with Crippen molar-refractivity contribution < 1.29 is 13.2 Å². The summed E-state index contributed by atoms with van der Waals surface area (Å²) in [4.78, 5) is 0.604. The van der Waals surface area contributed by atoms with Gasteiger partial charge in [0.05, 0.1) is 5.75 Å². The van der Waals surface area contributed by atoms with Gasteiger partial charge in [-0.05, 0) is 29.8 Å². The lowest BCUT2D eigenvalue weighted by atomic mass is 10.2. The number of rotatable bonds is 5. The number of halogens is 4. The summed E-state index contributed by atoms with van der Waals surface area (Å²) in [6.07, 6.45) is -4.16. The molecule has 0 spiro atoms. The molecule has 0 saturated carbocycles. The van der Waals surface area contributed by atoms with Crippen LogP contribution in [0.2, 0.25) is 0 Å². The molecule has 2 rings (SSSR count). The van der Waals surface area contributed by atoms with Crippen LogP contribution in [0, 0.1) is 0 Å². The molecule has 21 heavy (non-hydrogen) atoms. The van der Waals surface area contributed by atoms with Crippen molar-refractivity contribution in [1.82, 2.24) is 0 Å². The van der Waals surface area contributed by atoms with Crippen LogP contribution in [0.25, 0.3) is 0 Å². The first-order chi connectivity index (χ1) is 9.94. The fourth-order valence-electron chi connectivity index (χ4n) is 1.70. The lowest BCUT2D eigenvalue weighted by molar-refractivity contribution is -0.105. The number of thioether (sulfide) groups is 1. The smallest absolute Gasteiger partial charge is 0.380 e. The molecule has 0 aromatic heterocycles. The van der Waals surface area contributed by atoms with Crippen LogP contribution in [0.3, 0.4) is 0 Å². The lowest BCUT2D eigenvalue weighted by Gasteiger charge is -2.13. The average molecular weight is 376 g/mol. The van der Waals surface area contributed by atoms with E-state index in [1.807, 2.05) is 30.3 Å². The van der Waals surface area contributed by atoms with Gasteiger partial charge in [-0.25, -0.2) is 0 Å². The normalized spacial score (nSPS) is 11.4. The summed E-state index contributed by atoms with van der Waals surface area (Å²) in [5.74, 6) is -0.885. The highest BCUT2D eigenvalue weighted by molar-refractivity contribution is 9.10. The van der Waals surface area contributed by atoms with Crippen molar-refractivity contribution in [3.05, 3.63) is 58.6 Å². The largest absolute Gasteiger partial charge is 0.398 e. The summed E-state index contributed by atoms with van der Waals surface area (Å²) in [5.41, 5.74) is 1.78. The Morgan fingerprint density at radius 3 is 2.33 bits per heavy atom. The maximum atomic E-state index is 12.3. The Morgan fingerprint density at radius 2 is 1.67 bits per heavy atom. The van der Waals surface area contributed by atoms with Crippen molar-refractivity contribution >= 4 is 33.4 Å². The quantitative estimate of drug-likeness (QED) is 0.671. The Labute approximate surface area is 134 Å². The van der Waals surface area contributed by atoms with Crippen molar-refractivity contribution in [2.45, 2.75) is 17.6 Å². The van der Waals surface area contributed by atoms with Gasteiger partial charge < -0.3 is 5.32 Å². The van der Waals surface area contributed by atoms with E-state index in [2.05, 4.69) is 21.2 Å². The third-order valence-electron chi connectivity index (χ3n) is 2.67. The van der Waals surface area contributed by atoms with E-state index in [1.165, 1.54) is 0 Å². The summed E-state index contributed by atoms with van der Waals surface area (Å²) >= 11 is 4.16. The number of nitrogens with one attached hydrogen (secondary N) is 1. The average Bonchev–Trinajstić information content (AvgIpc) is 2.44. The zero-order valence-electron chi connectivity index (χ0n) is 11.0. The van der Waals surface area contributed by atoms with Crippen molar-refractivity contribution in [2.24, 2.45) is 0 Å². The van der Waals surface area contributed by atoms with Crippen LogP contribution in [0.5, 0.6) is 0 Å². The van der Waals surface area contributed by atoms with Crippen molar-refractivity contribution in [3.63, 3.8) is 0 Å². The summed E-state index contributed by atoms with van der Waals surface area (Å²) < 4.78 is 37.9. The SMILES string of the molecule is FC(F)(F)CSc1ccccc1NCc1ccc(Br)cc1. The molecule has 1 N–H and O–H groups in total. The second-order valence-electron chi connectivity index (χ2n) is 4.38. The number of anilines is 1. The predicted molar refractivity (Wildman–Crippen MR) is 84.7 cm³/mol. The number of para-hydroxylation sites is 1. The number of hydrogen-bond donors (Lipinski definition) is 1. The summed E-state index contributed by atoms with van der Waals surface area (Å²) in [5, 5.41) is 3.18. The minimum absolute atomic E-state index is 0.566. The van der Waals surface area contributed by atoms with E-state index in [1.54, 1.807) is 18.2 Å². The van der Waals surface area contributed by atoms with Crippen LogP contribution in [0.4, 0.5) is 18.9 Å². The van der Waals surface area contributed by atoms with Gasteiger partial charge in [-0.2, -0.15) is 13.2 Å². The van der Waals surface area contributed by atoms with E-state index in [9.17, 15) is 13.2 Å². The van der Waals surface area contributed by atoms with E-state index in [4.69, 9.17) is 0 Å². The van der Waals surface area contributed by atoms with Gasteiger partial charge in [-0.1, -0.05) is 40.2 Å². The molecule has 6 heteroatoms. The van der Waals surface area contributed by atoms with Crippen LogP contribution >= 0.6 is 27.7 Å². The summed E-state index contributed by atoms with van der Waals surface area (Å²) in [6.45, 7) is 0.566. The number of benzene rings is 2. The standard InChI is InChI=1S/C15H13BrF3NS/c16-12-7-5-11(6-8-12)9-20-13-3-1-2-4-14(13)21-10-15(17,18)19/h1-8,20H,9-10H2. The minimum Gasteiger partial charge on any atom is -0.380 e. The van der Waals surface area contributed by atoms with Crippen molar-refractivity contribution in [2.75, 3.05) is 11.1 Å². The highest BCUT2D eigenvalue weighted by Gasteiger charge is 2.27. The minimum atomic E-state index is -4.16. The maximum Gasteiger partial charge on any atom is 0.398 e. The molecule has 0 radical (unpaired) electrons. The second kappa shape index (κ2) is 7.22. The van der Waals surface area contributed by atoms with Crippen molar-refractivity contribution in [3.8, 4) is 0 Å². The van der Waals surface area contributed by atoms with Gasteiger partial charge in [-0.3, -0.25) is 0 Å². The molecule has 0 heterocycles. The molecule has 0 aliphatic carbocycles. The highest BCUT2D eigenvalue weighted by Crippen LogP contribution is 2.32. The molecule has 2 aromatic rings. The summed E-state index contributed by atoms with van der Waals surface area (Å²) in [6, 6.07) is 14.8. The van der Waals surface area contributed by atoms with Gasteiger partial charge in [0.15, 0.2) is 0 Å². The lowest BCUT2D eigenvalue weighted by Crippen LogP contribution is -2.11. The second-order valence-corrected chi connectivity index (χ2v) is 6.31. The Morgan fingerprint density at radius 1 is 1.00 bits per heavy atom. The molecule has 1 nitrogen and oxygen atoms in total. The first kappa shape index (κ1) is 16.2. The van der Waals surface area contributed by atoms with Gasteiger partial charge in [0.1, 0.15) is 0 Å². The van der Waals surface area contributed by atoms with Crippen LogP contribution < -0.4 is 5.32 Å². The Kier molecular flexibility index (Phi) is 5.58. The number of alkyl halides is 3. The van der Waals surface area contributed by atoms with Crippen molar-refractivity contribution in [1.29, 1.82) is 0 Å². The molecular weight excluding hydrogens is 363 g/mol. The first-order valence-corrected chi connectivity index (χ1v) is 7.99. The van der Waals surface area contributed by atoms with E-state index >= 15 is 0 Å². The summed E-state index contributed by atoms with van der Waals surface area (Å²) in [7, 11) is 0. The molecule has 0 fully saturated rings. The van der Waals surface area contributed by atoms with E-state index < -0.39 is 11.9 Å². The third-order valence-corrected chi connectivity index (χ3v) is 4.34. The Balaban J connectivity index is 2.01. The van der Waals surface area contributed by atoms with Gasteiger partial charge in [-0.15, -0.1) is 11.8 Å². The molecule has 0 saturated heterocycles. The van der Waals surface area contributed by atoms with Crippen LogP contribution in [0.1, 0.15) is 5.56 Å². The topological polar surface area (TPSA) is 12.0 Å². The first-order valence-electron chi connectivity index (χ1n) is 6.21. The molecule has 0 aliphatic heterocycles. The van der Waals surface area contributed by atoms with E-state index in [-0.39, 0.29) is 0 Å². The monoisotopic (exact) mass is 375 g/mol. The molecule has 112 valence electrons. The molecule has 0 aliphatic rings. The molecular formula is C15H13BrF3NS. The van der Waals surface area contributed by atoms with Gasteiger partial charge in [0.2, 0.25) is 0 Å². The van der Waals surface area contributed by atoms with Crippen LogP contribution in [-0.2, 0) is 6.54 Å². The molecule has 2 aromatic carbocycles. The zero-order valence-corrected chi connectivity index (χ0v) is 13.4. The Bertz CT molecular complexity index is 584. The zero-order chi connectivity index (χ0) is 15.3.